The Morgan fingerprint density at radius 3 is 3.11 bits per heavy atom. The van der Waals surface area contributed by atoms with E-state index in [0.29, 0.717) is 23.6 Å². The van der Waals surface area contributed by atoms with Crippen molar-refractivity contribution in [1.82, 2.24) is 9.55 Å². The molecule has 19 heavy (non-hydrogen) atoms. The number of nitrogen functional groups attached to an aromatic ring is 1. The maximum atomic E-state index is 9.11. The van der Waals surface area contributed by atoms with Gasteiger partial charge in [0.15, 0.2) is 0 Å². The lowest BCUT2D eigenvalue weighted by Gasteiger charge is -2.24. The van der Waals surface area contributed by atoms with Crippen molar-refractivity contribution in [2.75, 3.05) is 12.3 Å². The van der Waals surface area contributed by atoms with Crippen molar-refractivity contribution in [3.05, 3.63) is 23.8 Å². The number of para-hydroxylation sites is 1. The molecule has 98 valence electrons. The Kier molecular flexibility index (Phi) is 2.68. The van der Waals surface area contributed by atoms with Crippen molar-refractivity contribution in [3.8, 4) is 6.07 Å². The zero-order valence-corrected chi connectivity index (χ0v) is 10.9. The molecule has 0 amide bonds. The third kappa shape index (κ3) is 1.94. The molecule has 1 aliphatic rings. The van der Waals surface area contributed by atoms with Gasteiger partial charge in [0.1, 0.15) is 11.6 Å². The van der Waals surface area contributed by atoms with Gasteiger partial charge in [-0.2, -0.15) is 5.26 Å². The number of fused-ring (bicyclic) bond motifs is 1. The molecule has 3 rings (SSSR count). The lowest BCUT2D eigenvalue weighted by atomic mass is 10.0. The number of aromatic nitrogens is 2. The lowest BCUT2D eigenvalue weighted by Crippen LogP contribution is -2.30. The Bertz CT molecular complexity index is 662. The van der Waals surface area contributed by atoms with Gasteiger partial charge in [-0.05, 0) is 31.9 Å². The van der Waals surface area contributed by atoms with Crippen LogP contribution in [0, 0.1) is 11.3 Å². The average Bonchev–Trinajstić information content (AvgIpc) is 2.95. The second-order valence-electron chi connectivity index (χ2n) is 5.24. The van der Waals surface area contributed by atoms with E-state index in [1.807, 2.05) is 16.7 Å². The van der Waals surface area contributed by atoms with E-state index in [9.17, 15) is 0 Å². The van der Waals surface area contributed by atoms with E-state index >= 15 is 0 Å². The van der Waals surface area contributed by atoms with Crippen molar-refractivity contribution in [1.29, 1.82) is 5.26 Å². The highest BCUT2D eigenvalue weighted by Crippen LogP contribution is 2.30. The minimum Gasteiger partial charge on any atom is -0.373 e. The molecule has 0 bridgehead atoms. The third-order valence-corrected chi connectivity index (χ3v) is 3.72. The predicted octanol–water partition coefficient (Wildman–Crippen LogP) is 2.06. The zero-order chi connectivity index (χ0) is 13.5. The molecule has 2 N–H and O–H groups in total. The topological polar surface area (TPSA) is 76.9 Å². The number of anilines is 1. The second-order valence-corrected chi connectivity index (χ2v) is 5.24. The smallest absolute Gasteiger partial charge is 0.201 e. The fourth-order valence-corrected chi connectivity index (χ4v) is 2.72. The summed E-state index contributed by atoms with van der Waals surface area (Å²) in [7, 11) is 0. The SMILES string of the molecule is CC1(Cn2c(N)nc3c(C#N)cccc32)CCCO1. The van der Waals surface area contributed by atoms with Crippen LogP contribution in [0.1, 0.15) is 25.3 Å². The molecule has 5 nitrogen and oxygen atoms in total. The fourth-order valence-electron chi connectivity index (χ4n) is 2.72. The van der Waals surface area contributed by atoms with Gasteiger partial charge in [-0.1, -0.05) is 6.07 Å². The number of nitriles is 1. The molecule has 1 aliphatic heterocycles. The van der Waals surface area contributed by atoms with E-state index in [2.05, 4.69) is 18.0 Å². The molecule has 1 fully saturated rings. The van der Waals surface area contributed by atoms with Crippen molar-refractivity contribution in [2.45, 2.75) is 31.9 Å². The minimum absolute atomic E-state index is 0.190. The first-order valence-electron chi connectivity index (χ1n) is 6.42. The summed E-state index contributed by atoms with van der Waals surface area (Å²) < 4.78 is 7.75. The van der Waals surface area contributed by atoms with Crippen LogP contribution in [0.5, 0.6) is 0 Å². The van der Waals surface area contributed by atoms with Crippen LogP contribution in [0.25, 0.3) is 11.0 Å². The summed E-state index contributed by atoms with van der Waals surface area (Å²) in [6.07, 6.45) is 2.09. The Hall–Kier alpha value is -2.06. The number of imidazole rings is 1. The molecule has 1 aromatic carbocycles. The van der Waals surface area contributed by atoms with E-state index in [4.69, 9.17) is 15.7 Å². The van der Waals surface area contributed by atoms with Crippen LogP contribution in [0.3, 0.4) is 0 Å². The van der Waals surface area contributed by atoms with Gasteiger partial charge in [0.25, 0.3) is 0 Å². The molecule has 2 heterocycles. The molecule has 0 spiro atoms. The first-order valence-corrected chi connectivity index (χ1v) is 6.42. The van der Waals surface area contributed by atoms with Gasteiger partial charge in [-0.15, -0.1) is 0 Å². The molecular weight excluding hydrogens is 240 g/mol. The molecule has 0 radical (unpaired) electrons. The summed E-state index contributed by atoms with van der Waals surface area (Å²) in [6.45, 7) is 3.57. The molecule has 0 aliphatic carbocycles. The largest absolute Gasteiger partial charge is 0.373 e. The lowest BCUT2D eigenvalue weighted by molar-refractivity contribution is 0.00750. The van der Waals surface area contributed by atoms with Gasteiger partial charge in [-0.25, -0.2) is 4.98 Å². The molecule has 5 heteroatoms. The molecule has 2 aromatic rings. The Balaban J connectivity index is 2.09. The predicted molar refractivity (Wildman–Crippen MR) is 72.5 cm³/mol. The van der Waals surface area contributed by atoms with Crippen LogP contribution >= 0.6 is 0 Å². The van der Waals surface area contributed by atoms with Crippen LogP contribution in [-0.2, 0) is 11.3 Å². The normalized spacial score (nSPS) is 22.7. The summed E-state index contributed by atoms with van der Waals surface area (Å²) in [5, 5.41) is 9.11. The van der Waals surface area contributed by atoms with Crippen LogP contribution < -0.4 is 5.73 Å². The van der Waals surface area contributed by atoms with Crippen molar-refractivity contribution >= 4 is 17.0 Å². The molecule has 1 atom stereocenters. The van der Waals surface area contributed by atoms with Gasteiger partial charge in [0.05, 0.1) is 23.2 Å². The maximum Gasteiger partial charge on any atom is 0.201 e. The summed E-state index contributed by atoms with van der Waals surface area (Å²) in [5.41, 5.74) is 7.93. The standard InChI is InChI=1S/C14H16N4O/c1-14(6-3-7-19-14)9-18-11-5-2-4-10(8-15)12(11)17-13(18)16/h2,4-5H,3,6-7,9H2,1H3,(H2,16,17). The monoisotopic (exact) mass is 256 g/mol. The van der Waals surface area contributed by atoms with E-state index in [1.54, 1.807) is 6.07 Å². The fraction of sp³-hybridized carbons (Fsp3) is 0.429. The molecule has 1 aromatic heterocycles. The Labute approximate surface area is 111 Å². The number of rotatable bonds is 2. The van der Waals surface area contributed by atoms with Crippen LogP contribution in [0.2, 0.25) is 0 Å². The number of hydrogen-bond acceptors (Lipinski definition) is 4. The highest BCUT2D eigenvalue weighted by molar-refractivity contribution is 5.84. The second kappa shape index (κ2) is 4.25. The Morgan fingerprint density at radius 1 is 1.58 bits per heavy atom. The third-order valence-electron chi connectivity index (χ3n) is 3.72. The van der Waals surface area contributed by atoms with Crippen LogP contribution in [0.4, 0.5) is 5.95 Å². The zero-order valence-electron chi connectivity index (χ0n) is 10.9. The van der Waals surface area contributed by atoms with Gasteiger partial charge >= 0.3 is 0 Å². The Morgan fingerprint density at radius 2 is 2.42 bits per heavy atom. The van der Waals surface area contributed by atoms with E-state index in [-0.39, 0.29) is 5.60 Å². The van der Waals surface area contributed by atoms with Crippen LogP contribution in [-0.4, -0.2) is 21.8 Å². The highest BCUT2D eigenvalue weighted by Gasteiger charge is 2.31. The first-order chi connectivity index (χ1) is 9.13. The van der Waals surface area contributed by atoms with Gasteiger partial charge < -0.3 is 15.0 Å². The van der Waals surface area contributed by atoms with Crippen molar-refractivity contribution in [2.24, 2.45) is 0 Å². The maximum absolute atomic E-state index is 9.11. The number of benzene rings is 1. The van der Waals surface area contributed by atoms with Crippen molar-refractivity contribution in [3.63, 3.8) is 0 Å². The van der Waals surface area contributed by atoms with E-state index < -0.39 is 0 Å². The minimum atomic E-state index is -0.190. The number of nitrogens with zero attached hydrogens (tertiary/aromatic N) is 3. The molecule has 0 saturated carbocycles. The van der Waals surface area contributed by atoms with Crippen LogP contribution in [0.15, 0.2) is 18.2 Å². The first kappa shape index (κ1) is 12.0. The van der Waals surface area contributed by atoms with Gasteiger partial charge in [0.2, 0.25) is 5.95 Å². The summed E-state index contributed by atoms with van der Waals surface area (Å²) in [5.74, 6) is 0.439. The van der Waals surface area contributed by atoms with Gasteiger partial charge in [-0.3, -0.25) is 0 Å². The van der Waals surface area contributed by atoms with E-state index in [0.717, 1.165) is 25.0 Å². The summed E-state index contributed by atoms with van der Waals surface area (Å²) in [6, 6.07) is 7.71. The summed E-state index contributed by atoms with van der Waals surface area (Å²) in [4.78, 5) is 4.32. The quantitative estimate of drug-likeness (QED) is 0.892. The molecule has 1 unspecified atom stereocenters. The van der Waals surface area contributed by atoms with Crippen molar-refractivity contribution < 1.29 is 4.74 Å². The number of hydrogen-bond donors (Lipinski definition) is 1. The highest BCUT2D eigenvalue weighted by atomic mass is 16.5. The number of ether oxygens (including phenoxy) is 1. The van der Waals surface area contributed by atoms with Gasteiger partial charge in [0, 0.05) is 6.61 Å². The summed E-state index contributed by atoms with van der Waals surface area (Å²) >= 11 is 0. The van der Waals surface area contributed by atoms with E-state index in [1.165, 1.54) is 0 Å². The molecular formula is C14H16N4O. The number of nitrogens with two attached hydrogens (primary N) is 1. The average molecular weight is 256 g/mol. The molecule has 1 saturated heterocycles.